The molecule has 88 valence electrons. The van der Waals surface area contributed by atoms with Gasteiger partial charge in [0.25, 0.3) is 0 Å². The molecule has 0 unspecified atom stereocenters. The van der Waals surface area contributed by atoms with Crippen LogP contribution in [0, 0.1) is 11.3 Å². The summed E-state index contributed by atoms with van der Waals surface area (Å²) in [7, 11) is 0. The Labute approximate surface area is 101 Å². The van der Waals surface area contributed by atoms with Gasteiger partial charge in [-0.25, -0.2) is 0 Å². The molecular formula is C14H15NO2. The second-order valence-electron chi connectivity index (χ2n) is 3.85. The van der Waals surface area contributed by atoms with E-state index in [-0.39, 0.29) is 0 Å². The summed E-state index contributed by atoms with van der Waals surface area (Å²) in [5.41, 5.74) is 1.57. The third-order valence-corrected chi connectivity index (χ3v) is 2.59. The van der Waals surface area contributed by atoms with Crippen molar-refractivity contribution in [2.45, 2.75) is 19.8 Å². The van der Waals surface area contributed by atoms with Gasteiger partial charge in [0.1, 0.15) is 0 Å². The minimum Gasteiger partial charge on any atom is -0.490 e. The molecule has 1 aromatic rings. The molecule has 0 saturated carbocycles. The van der Waals surface area contributed by atoms with Crippen molar-refractivity contribution in [3.8, 4) is 17.6 Å². The monoisotopic (exact) mass is 229 g/mol. The van der Waals surface area contributed by atoms with Gasteiger partial charge in [0.2, 0.25) is 0 Å². The van der Waals surface area contributed by atoms with E-state index in [2.05, 4.69) is 6.07 Å². The van der Waals surface area contributed by atoms with E-state index in [1.165, 1.54) is 0 Å². The highest BCUT2D eigenvalue weighted by Crippen LogP contribution is 2.32. The molecule has 1 heterocycles. The zero-order valence-electron chi connectivity index (χ0n) is 9.90. The summed E-state index contributed by atoms with van der Waals surface area (Å²) in [6, 6.07) is 7.86. The number of allylic oxidation sites excluding steroid dienone is 2. The van der Waals surface area contributed by atoms with Crippen molar-refractivity contribution in [3.05, 3.63) is 29.8 Å². The molecule has 0 bridgehead atoms. The highest BCUT2D eigenvalue weighted by Gasteiger charge is 2.11. The molecule has 0 aliphatic carbocycles. The van der Waals surface area contributed by atoms with E-state index >= 15 is 0 Å². The van der Waals surface area contributed by atoms with Gasteiger partial charge in [-0.15, -0.1) is 0 Å². The maximum Gasteiger partial charge on any atom is 0.161 e. The first-order valence-electron chi connectivity index (χ1n) is 5.85. The Morgan fingerprint density at radius 3 is 2.82 bits per heavy atom. The van der Waals surface area contributed by atoms with Gasteiger partial charge in [0, 0.05) is 6.42 Å². The molecule has 0 amide bonds. The number of rotatable bonds is 2. The van der Waals surface area contributed by atoms with Gasteiger partial charge in [-0.1, -0.05) is 13.0 Å². The lowest BCUT2D eigenvalue weighted by molar-refractivity contribution is 0.297. The van der Waals surface area contributed by atoms with Crippen LogP contribution >= 0.6 is 0 Å². The number of nitriles is 1. The number of nitrogens with zero attached hydrogens (tertiary/aromatic N) is 1. The van der Waals surface area contributed by atoms with Crippen molar-refractivity contribution in [3.63, 3.8) is 0 Å². The Hall–Kier alpha value is -1.95. The van der Waals surface area contributed by atoms with Gasteiger partial charge < -0.3 is 9.47 Å². The van der Waals surface area contributed by atoms with Crippen LogP contribution in [0.2, 0.25) is 0 Å². The minimum absolute atomic E-state index is 0.663. The van der Waals surface area contributed by atoms with Crippen LogP contribution in [0.15, 0.2) is 24.3 Å². The summed E-state index contributed by atoms with van der Waals surface area (Å²) >= 11 is 0. The number of hydrogen-bond acceptors (Lipinski definition) is 3. The maximum absolute atomic E-state index is 9.08. The summed E-state index contributed by atoms with van der Waals surface area (Å²) in [5, 5.41) is 9.08. The Morgan fingerprint density at radius 2 is 2.12 bits per heavy atom. The van der Waals surface area contributed by atoms with Gasteiger partial charge in [-0.3, -0.25) is 0 Å². The van der Waals surface area contributed by atoms with Crippen LogP contribution in [0.5, 0.6) is 11.5 Å². The van der Waals surface area contributed by atoms with E-state index in [1.54, 1.807) is 0 Å². The van der Waals surface area contributed by atoms with Crippen LogP contribution in [0.1, 0.15) is 25.3 Å². The zero-order chi connectivity index (χ0) is 12.1. The summed E-state index contributed by atoms with van der Waals surface area (Å²) in [4.78, 5) is 0. The number of hydrogen-bond donors (Lipinski definition) is 0. The summed E-state index contributed by atoms with van der Waals surface area (Å²) < 4.78 is 11.1. The predicted octanol–water partition coefficient (Wildman–Crippen LogP) is 3.16. The molecule has 1 aliphatic rings. The van der Waals surface area contributed by atoms with Gasteiger partial charge in [-0.05, 0) is 30.2 Å². The van der Waals surface area contributed by atoms with Crippen LogP contribution in [0.3, 0.4) is 0 Å². The van der Waals surface area contributed by atoms with Crippen LogP contribution in [0.25, 0.3) is 5.57 Å². The molecule has 3 nitrogen and oxygen atoms in total. The Kier molecular flexibility index (Phi) is 3.66. The SMILES string of the molecule is CC/C=C(\C#N)c1ccc2c(c1)OCCCO2. The second-order valence-corrected chi connectivity index (χ2v) is 3.85. The Bertz CT molecular complexity index is 472. The zero-order valence-corrected chi connectivity index (χ0v) is 9.90. The number of ether oxygens (including phenoxy) is 2. The van der Waals surface area contributed by atoms with Crippen LogP contribution in [-0.2, 0) is 0 Å². The van der Waals surface area contributed by atoms with Crippen molar-refractivity contribution in [1.82, 2.24) is 0 Å². The molecule has 0 spiro atoms. The van der Waals surface area contributed by atoms with E-state index in [1.807, 2.05) is 31.2 Å². The molecule has 2 rings (SSSR count). The molecule has 17 heavy (non-hydrogen) atoms. The summed E-state index contributed by atoms with van der Waals surface area (Å²) in [6.45, 7) is 3.36. The van der Waals surface area contributed by atoms with E-state index < -0.39 is 0 Å². The first-order valence-corrected chi connectivity index (χ1v) is 5.85. The van der Waals surface area contributed by atoms with Gasteiger partial charge in [0.15, 0.2) is 11.5 Å². The standard InChI is InChI=1S/C14H15NO2/c1-2-4-12(10-15)11-5-6-13-14(9-11)17-8-3-7-16-13/h4-6,9H,2-3,7-8H2,1H3/b12-4+. The highest BCUT2D eigenvalue weighted by atomic mass is 16.5. The van der Waals surface area contributed by atoms with Gasteiger partial charge >= 0.3 is 0 Å². The minimum atomic E-state index is 0.663. The molecule has 3 heteroatoms. The number of benzene rings is 1. The largest absolute Gasteiger partial charge is 0.490 e. The molecule has 0 atom stereocenters. The van der Waals surface area contributed by atoms with E-state index in [4.69, 9.17) is 14.7 Å². The lowest BCUT2D eigenvalue weighted by Crippen LogP contribution is -1.97. The first kappa shape index (κ1) is 11.5. The topological polar surface area (TPSA) is 42.2 Å². The highest BCUT2D eigenvalue weighted by molar-refractivity contribution is 5.77. The quantitative estimate of drug-likeness (QED) is 0.731. The molecule has 0 N–H and O–H groups in total. The fraction of sp³-hybridized carbons (Fsp3) is 0.357. The van der Waals surface area contributed by atoms with E-state index in [0.29, 0.717) is 18.8 Å². The van der Waals surface area contributed by atoms with E-state index in [0.717, 1.165) is 29.9 Å². The average Bonchev–Trinajstić information content (AvgIpc) is 2.60. The van der Waals surface area contributed by atoms with Crippen molar-refractivity contribution < 1.29 is 9.47 Å². The van der Waals surface area contributed by atoms with Crippen molar-refractivity contribution in [1.29, 1.82) is 5.26 Å². The molecule has 0 aromatic heterocycles. The first-order chi connectivity index (χ1) is 8.35. The van der Waals surface area contributed by atoms with E-state index in [9.17, 15) is 0 Å². The Morgan fingerprint density at radius 1 is 1.35 bits per heavy atom. The lowest BCUT2D eigenvalue weighted by Gasteiger charge is -2.08. The predicted molar refractivity (Wildman–Crippen MR) is 65.9 cm³/mol. The van der Waals surface area contributed by atoms with Crippen LogP contribution < -0.4 is 9.47 Å². The molecule has 1 aromatic carbocycles. The number of fused-ring (bicyclic) bond motifs is 1. The van der Waals surface area contributed by atoms with Crippen LogP contribution in [-0.4, -0.2) is 13.2 Å². The average molecular weight is 229 g/mol. The fourth-order valence-corrected chi connectivity index (χ4v) is 1.76. The third kappa shape index (κ3) is 2.59. The van der Waals surface area contributed by atoms with Crippen molar-refractivity contribution in [2.24, 2.45) is 0 Å². The third-order valence-electron chi connectivity index (χ3n) is 2.59. The summed E-state index contributed by atoms with van der Waals surface area (Å²) in [6.07, 6.45) is 3.65. The second kappa shape index (κ2) is 5.40. The normalized spacial score (nSPS) is 14.9. The van der Waals surface area contributed by atoms with Crippen molar-refractivity contribution in [2.75, 3.05) is 13.2 Å². The molecule has 0 saturated heterocycles. The van der Waals surface area contributed by atoms with Gasteiger partial charge in [0.05, 0.1) is 24.9 Å². The van der Waals surface area contributed by atoms with Crippen LogP contribution in [0.4, 0.5) is 0 Å². The van der Waals surface area contributed by atoms with Gasteiger partial charge in [-0.2, -0.15) is 5.26 Å². The maximum atomic E-state index is 9.08. The molecular weight excluding hydrogens is 214 g/mol. The fourth-order valence-electron chi connectivity index (χ4n) is 1.76. The molecule has 0 radical (unpaired) electrons. The smallest absolute Gasteiger partial charge is 0.161 e. The van der Waals surface area contributed by atoms with Crippen molar-refractivity contribution >= 4 is 5.57 Å². The molecule has 0 fully saturated rings. The molecule has 1 aliphatic heterocycles. The Balaban J connectivity index is 2.36. The summed E-state index contributed by atoms with van der Waals surface area (Å²) in [5.74, 6) is 1.50. The lowest BCUT2D eigenvalue weighted by atomic mass is 10.1.